The summed E-state index contributed by atoms with van der Waals surface area (Å²) in [7, 11) is 1.62. The highest BCUT2D eigenvalue weighted by atomic mass is 32.1. The van der Waals surface area contributed by atoms with Crippen LogP contribution in [0.15, 0.2) is 11.6 Å². The van der Waals surface area contributed by atoms with E-state index in [2.05, 4.69) is 10.3 Å². The van der Waals surface area contributed by atoms with E-state index in [0.29, 0.717) is 19.0 Å². The molecule has 0 radical (unpaired) electrons. The molecule has 6 heteroatoms. The van der Waals surface area contributed by atoms with Crippen LogP contribution in [0.3, 0.4) is 0 Å². The molecule has 0 saturated heterocycles. The van der Waals surface area contributed by atoms with Gasteiger partial charge in [0, 0.05) is 24.7 Å². The zero-order valence-corrected chi connectivity index (χ0v) is 11.8. The Kier molecular flexibility index (Phi) is 3.89. The van der Waals surface area contributed by atoms with E-state index >= 15 is 0 Å². The average molecular weight is 269 g/mol. The quantitative estimate of drug-likeness (QED) is 0.837. The van der Waals surface area contributed by atoms with Crippen LogP contribution in [0.4, 0.5) is 0 Å². The normalized spacial score (nSPS) is 14.9. The van der Waals surface area contributed by atoms with E-state index in [9.17, 15) is 5.11 Å². The number of ether oxygens (including phenoxy) is 1. The van der Waals surface area contributed by atoms with E-state index in [1.807, 2.05) is 29.8 Å². The first-order chi connectivity index (χ1) is 8.57. The molecule has 2 aromatic rings. The molecule has 2 rings (SSSR count). The molecule has 0 amide bonds. The van der Waals surface area contributed by atoms with Crippen molar-refractivity contribution >= 4 is 16.3 Å². The maximum atomic E-state index is 9.94. The average Bonchev–Trinajstić information content (AvgIpc) is 2.90. The first-order valence-corrected chi connectivity index (χ1v) is 6.87. The van der Waals surface area contributed by atoms with Crippen molar-refractivity contribution < 1.29 is 9.84 Å². The highest BCUT2D eigenvalue weighted by Gasteiger charge is 2.18. The van der Waals surface area contributed by atoms with Crippen molar-refractivity contribution in [2.45, 2.75) is 32.4 Å². The van der Waals surface area contributed by atoms with Crippen molar-refractivity contribution in [1.82, 2.24) is 14.7 Å². The van der Waals surface area contributed by atoms with Crippen molar-refractivity contribution in [2.75, 3.05) is 13.7 Å². The molecule has 0 bridgehead atoms. The third-order valence-corrected chi connectivity index (χ3v) is 3.83. The summed E-state index contributed by atoms with van der Waals surface area (Å²) in [6, 6.07) is 0. The fourth-order valence-corrected chi connectivity index (χ4v) is 2.44. The molecule has 2 N–H and O–H groups in total. The molecule has 1 atom stereocenters. The number of nitrogens with zero attached hydrogens (tertiary/aromatic N) is 2. The fraction of sp³-hybridized carbons (Fsp3) is 0.583. The standard InChI is InChI=1S/C12H19N3O2S/c1-4-12(2,16)8-13-7-9-10(17-3)14-11-15(9)5-6-18-11/h5-6,13,16H,4,7-8H2,1-3H3. The van der Waals surface area contributed by atoms with E-state index in [0.717, 1.165) is 17.1 Å². The molecule has 0 fully saturated rings. The second-order valence-electron chi connectivity index (χ2n) is 4.58. The Labute approximate surface area is 110 Å². The van der Waals surface area contributed by atoms with Gasteiger partial charge in [-0.15, -0.1) is 11.3 Å². The Morgan fingerprint density at radius 2 is 2.39 bits per heavy atom. The van der Waals surface area contributed by atoms with Gasteiger partial charge in [0.1, 0.15) is 5.69 Å². The van der Waals surface area contributed by atoms with Gasteiger partial charge in [0.25, 0.3) is 0 Å². The molecule has 5 nitrogen and oxygen atoms in total. The molecule has 0 spiro atoms. The molecule has 2 heterocycles. The minimum absolute atomic E-state index is 0.546. The van der Waals surface area contributed by atoms with Gasteiger partial charge in [0.2, 0.25) is 5.88 Å². The highest BCUT2D eigenvalue weighted by molar-refractivity contribution is 7.15. The maximum Gasteiger partial charge on any atom is 0.237 e. The van der Waals surface area contributed by atoms with Crippen molar-refractivity contribution in [3.63, 3.8) is 0 Å². The zero-order valence-electron chi connectivity index (χ0n) is 10.9. The van der Waals surface area contributed by atoms with Crippen molar-refractivity contribution in [2.24, 2.45) is 0 Å². The number of methoxy groups -OCH3 is 1. The maximum absolute atomic E-state index is 9.94. The van der Waals surface area contributed by atoms with Crippen molar-refractivity contribution in [3.05, 3.63) is 17.3 Å². The molecule has 100 valence electrons. The van der Waals surface area contributed by atoms with Crippen LogP contribution < -0.4 is 10.1 Å². The Bertz CT molecular complexity index is 518. The van der Waals surface area contributed by atoms with Crippen LogP contribution in [0.1, 0.15) is 26.0 Å². The number of hydrogen-bond donors (Lipinski definition) is 2. The Hall–Kier alpha value is -1.11. The van der Waals surface area contributed by atoms with Gasteiger partial charge < -0.3 is 15.2 Å². The summed E-state index contributed by atoms with van der Waals surface area (Å²) >= 11 is 1.58. The SMILES string of the molecule is CCC(C)(O)CNCc1c(OC)nc2sccn12. The second-order valence-corrected chi connectivity index (χ2v) is 5.45. The van der Waals surface area contributed by atoms with Crippen LogP contribution in [0.5, 0.6) is 5.88 Å². The second kappa shape index (κ2) is 5.26. The van der Waals surface area contributed by atoms with Crippen LogP contribution in [-0.2, 0) is 6.54 Å². The molecule has 0 aliphatic heterocycles. The molecule has 1 unspecified atom stereocenters. The van der Waals surface area contributed by atoms with Gasteiger partial charge in [0.05, 0.1) is 12.7 Å². The molecular weight excluding hydrogens is 250 g/mol. The summed E-state index contributed by atoms with van der Waals surface area (Å²) in [6.07, 6.45) is 2.70. The third-order valence-electron chi connectivity index (χ3n) is 3.08. The molecule has 2 aromatic heterocycles. The van der Waals surface area contributed by atoms with E-state index in [1.165, 1.54) is 0 Å². The smallest absolute Gasteiger partial charge is 0.237 e. The van der Waals surface area contributed by atoms with Gasteiger partial charge in [0.15, 0.2) is 4.96 Å². The number of nitrogens with one attached hydrogen (secondary N) is 1. The van der Waals surface area contributed by atoms with Crippen LogP contribution >= 0.6 is 11.3 Å². The zero-order chi connectivity index (χ0) is 13.2. The summed E-state index contributed by atoms with van der Waals surface area (Å²) in [5.74, 6) is 0.644. The topological polar surface area (TPSA) is 58.8 Å². The largest absolute Gasteiger partial charge is 0.480 e. The molecule has 0 aliphatic carbocycles. The highest BCUT2D eigenvalue weighted by Crippen LogP contribution is 2.22. The van der Waals surface area contributed by atoms with E-state index in [1.54, 1.807) is 18.4 Å². The van der Waals surface area contributed by atoms with Gasteiger partial charge in [-0.2, -0.15) is 4.98 Å². The molecular formula is C12H19N3O2S. The first-order valence-electron chi connectivity index (χ1n) is 5.99. The Morgan fingerprint density at radius 3 is 3.06 bits per heavy atom. The van der Waals surface area contributed by atoms with Crippen molar-refractivity contribution in [1.29, 1.82) is 0 Å². The lowest BCUT2D eigenvalue weighted by molar-refractivity contribution is 0.0554. The molecule has 0 saturated carbocycles. The van der Waals surface area contributed by atoms with E-state index in [-0.39, 0.29) is 0 Å². The van der Waals surface area contributed by atoms with Gasteiger partial charge in [-0.25, -0.2) is 0 Å². The Balaban J connectivity index is 2.08. The lowest BCUT2D eigenvalue weighted by atomic mass is 10.0. The minimum Gasteiger partial charge on any atom is -0.480 e. The number of imidazole rings is 1. The summed E-state index contributed by atoms with van der Waals surface area (Å²) < 4.78 is 7.28. The van der Waals surface area contributed by atoms with Crippen molar-refractivity contribution in [3.8, 4) is 5.88 Å². The summed E-state index contributed by atoms with van der Waals surface area (Å²) in [4.78, 5) is 5.31. The number of rotatable bonds is 6. The number of fused-ring (bicyclic) bond motifs is 1. The van der Waals surface area contributed by atoms with Crippen LogP contribution in [-0.4, -0.2) is 33.7 Å². The van der Waals surface area contributed by atoms with Gasteiger partial charge in [-0.1, -0.05) is 6.92 Å². The number of hydrogen-bond acceptors (Lipinski definition) is 5. The molecule has 18 heavy (non-hydrogen) atoms. The first kappa shape index (κ1) is 13.3. The van der Waals surface area contributed by atoms with Gasteiger partial charge >= 0.3 is 0 Å². The van der Waals surface area contributed by atoms with Crippen LogP contribution in [0.2, 0.25) is 0 Å². The summed E-state index contributed by atoms with van der Waals surface area (Å²) in [5.41, 5.74) is 0.312. The van der Waals surface area contributed by atoms with Crippen LogP contribution in [0.25, 0.3) is 4.96 Å². The number of aromatic nitrogens is 2. The summed E-state index contributed by atoms with van der Waals surface area (Å²) in [5, 5.41) is 15.2. The van der Waals surface area contributed by atoms with Gasteiger partial charge in [-0.05, 0) is 13.3 Å². The molecule has 0 aromatic carbocycles. The number of thiazole rings is 1. The predicted octanol–water partition coefficient (Wildman–Crippen LogP) is 1.65. The molecule has 0 aliphatic rings. The summed E-state index contributed by atoms with van der Waals surface area (Å²) in [6.45, 7) is 4.97. The Morgan fingerprint density at radius 1 is 1.61 bits per heavy atom. The lowest BCUT2D eigenvalue weighted by Crippen LogP contribution is -2.36. The predicted molar refractivity (Wildman–Crippen MR) is 72.2 cm³/mol. The third kappa shape index (κ3) is 2.66. The van der Waals surface area contributed by atoms with Crippen LogP contribution in [0, 0.1) is 0 Å². The van der Waals surface area contributed by atoms with Gasteiger partial charge in [-0.3, -0.25) is 4.40 Å². The fourth-order valence-electron chi connectivity index (χ4n) is 1.71. The van der Waals surface area contributed by atoms with E-state index < -0.39 is 5.60 Å². The minimum atomic E-state index is -0.675. The number of aliphatic hydroxyl groups is 1. The monoisotopic (exact) mass is 269 g/mol. The lowest BCUT2D eigenvalue weighted by Gasteiger charge is -2.21. The van der Waals surface area contributed by atoms with E-state index in [4.69, 9.17) is 4.74 Å².